The molecule has 1 saturated carbocycles. The zero-order valence-corrected chi connectivity index (χ0v) is 13.0. The van der Waals surface area contributed by atoms with Gasteiger partial charge in [0.05, 0.1) is 0 Å². The number of carbonyl (C=O) groups is 1. The molecule has 2 unspecified atom stereocenters. The lowest BCUT2D eigenvalue weighted by molar-refractivity contribution is -0.123. The van der Waals surface area contributed by atoms with Crippen molar-refractivity contribution in [2.75, 3.05) is 6.54 Å². The lowest BCUT2D eigenvalue weighted by atomic mass is 9.84. The van der Waals surface area contributed by atoms with Gasteiger partial charge in [-0.2, -0.15) is 0 Å². The third-order valence-electron chi connectivity index (χ3n) is 4.34. The maximum absolute atomic E-state index is 12.1. The highest BCUT2D eigenvalue weighted by atomic mass is 16.1. The summed E-state index contributed by atoms with van der Waals surface area (Å²) in [6, 6.07) is 0.406. The van der Waals surface area contributed by atoms with Crippen molar-refractivity contribution in [1.29, 1.82) is 0 Å². The van der Waals surface area contributed by atoms with E-state index in [9.17, 15) is 4.79 Å². The van der Waals surface area contributed by atoms with Crippen LogP contribution < -0.4 is 11.1 Å². The van der Waals surface area contributed by atoms with E-state index in [1.807, 2.05) is 0 Å². The fourth-order valence-corrected chi connectivity index (χ4v) is 3.27. The van der Waals surface area contributed by atoms with Gasteiger partial charge in [-0.3, -0.25) is 4.79 Å². The van der Waals surface area contributed by atoms with Crippen molar-refractivity contribution in [3.8, 4) is 0 Å². The third-order valence-corrected chi connectivity index (χ3v) is 4.34. The van der Waals surface area contributed by atoms with Gasteiger partial charge in [0, 0.05) is 12.5 Å². The zero-order chi connectivity index (χ0) is 14.3. The van der Waals surface area contributed by atoms with Crippen LogP contribution in [0.15, 0.2) is 0 Å². The molecule has 0 spiro atoms. The normalized spacial score (nSPS) is 25.3. The lowest BCUT2D eigenvalue weighted by Gasteiger charge is -2.29. The topological polar surface area (TPSA) is 55.1 Å². The van der Waals surface area contributed by atoms with Gasteiger partial charge in [-0.1, -0.05) is 40.0 Å². The molecule has 0 aromatic rings. The number of carbonyl (C=O) groups excluding carboxylic acids is 1. The molecule has 3 heteroatoms. The Morgan fingerprint density at radius 1 is 1.37 bits per heavy atom. The number of hydrogen-bond acceptors (Lipinski definition) is 2. The Bertz CT molecular complexity index is 265. The van der Waals surface area contributed by atoms with Crippen molar-refractivity contribution >= 4 is 5.91 Å². The number of rotatable bonds is 7. The summed E-state index contributed by atoms with van der Waals surface area (Å²) in [5, 5.41) is 3.23. The van der Waals surface area contributed by atoms with Gasteiger partial charge in [0.25, 0.3) is 0 Å². The van der Waals surface area contributed by atoms with E-state index in [0.29, 0.717) is 30.8 Å². The van der Waals surface area contributed by atoms with Crippen molar-refractivity contribution in [2.24, 2.45) is 23.5 Å². The molecule has 0 aliphatic heterocycles. The van der Waals surface area contributed by atoms with Crippen molar-refractivity contribution in [3.63, 3.8) is 0 Å². The largest absolute Gasteiger partial charge is 0.353 e. The summed E-state index contributed by atoms with van der Waals surface area (Å²) in [7, 11) is 0. The molecular formula is C16H32N2O. The second kappa shape index (κ2) is 8.57. The molecule has 112 valence electrons. The highest BCUT2D eigenvalue weighted by Crippen LogP contribution is 2.26. The van der Waals surface area contributed by atoms with Crippen LogP contribution in [0.1, 0.15) is 65.7 Å². The van der Waals surface area contributed by atoms with E-state index < -0.39 is 0 Å². The molecule has 1 aliphatic carbocycles. The highest BCUT2D eigenvalue weighted by Gasteiger charge is 2.23. The van der Waals surface area contributed by atoms with Gasteiger partial charge in [0.2, 0.25) is 5.91 Å². The molecule has 1 amide bonds. The van der Waals surface area contributed by atoms with E-state index in [1.165, 1.54) is 25.7 Å². The van der Waals surface area contributed by atoms with E-state index in [2.05, 4.69) is 26.1 Å². The van der Waals surface area contributed by atoms with Gasteiger partial charge in [-0.25, -0.2) is 0 Å². The summed E-state index contributed by atoms with van der Waals surface area (Å²) >= 11 is 0. The highest BCUT2D eigenvalue weighted by molar-refractivity contribution is 5.76. The summed E-state index contributed by atoms with van der Waals surface area (Å²) in [6.45, 7) is 7.25. The van der Waals surface area contributed by atoms with E-state index in [1.54, 1.807) is 0 Å². The van der Waals surface area contributed by atoms with Gasteiger partial charge in [0.15, 0.2) is 0 Å². The minimum absolute atomic E-state index is 0.206. The molecule has 0 aromatic carbocycles. The smallest absolute Gasteiger partial charge is 0.220 e. The van der Waals surface area contributed by atoms with Crippen LogP contribution in [0.5, 0.6) is 0 Å². The predicted octanol–water partition coefficient (Wildman–Crippen LogP) is 3.08. The first-order chi connectivity index (χ1) is 9.05. The van der Waals surface area contributed by atoms with Crippen LogP contribution in [0.3, 0.4) is 0 Å². The van der Waals surface area contributed by atoms with E-state index in [-0.39, 0.29) is 5.91 Å². The Morgan fingerprint density at radius 3 is 2.68 bits per heavy atom. The second-order valence-corrected chi connectivity index (χ2v) is 6.64. The van der Waals surface area contributed by atoms with E-state index in [0.717, 1.165) is 18.8 Å². The number of nitrogens with one attached hydrogen (secondary N) is 1. The van der Waals surface area contributed by atoms with Crippen molar-refractivity contribution in [2.45, 2.75) is 71.8 Å². The summed E-state index contributed by atoms with van der Waals surface area (Å²) < 4.78 is 0. The molecule has 19 heavy (non-hydrogen) atoms. The summed E-state index contributed by atoms with van der Waals surface area (Å²) in [5.41, 5.74) is 5.77. The molecule has 0 aromatic heterocycles. The standard InChI is InChI=1S/C16H32N2O/c1-4-13-6-5-7-15(9-13)18-16(19)10-14(11-17)8-12(2)3/h12-15H,4-11,17H2,1-3H3,(H,18,19)/t13?,14-,15?/m0/s1. The number of hydrogen-bond donors (Lipinski definition) is 2. The molecule has 1 rings (SSSR count). The maximum atomic E-state index is 12.1. The average Bonchev–Trinajstić information content (AvgIpc) is 2.37. The number of nitrogens with two attached hydrogens (primary N) is 1. The molecule has 0 bridgehead atoms. The van der Waals surface area contributed by atoms with Crippen LogP contribution in [0.25, 0.3) is 0 Å². The van der Waals surface area contributed by atoms with Gasteiger partial charge in [-0.05, 0) is 43.6 Å². The second-order valence-electron chi connectivity index (χ2n) is 6.64. The predicted molar refractivity (Wildman–Crippen MR) is 80.8 cm³/mol. The van der Waals surface area contributed by atoms with Crippen molar-refractivity contribution in [1.82, 2.24) is 5.32 Å². The number of amides is 1. The van der Waals surface area contributed by atoms with Crippen LogP contribution >= 0.6 is 0 Å². The Labute approximate surface area is 118 Å². The van der Waals surface area contributed by atoms with E-state index >= 15 is 0 Å². The quantitative estimate of drug-likeness (QED) is 0.745. The zero-order valence-electron chi connectivity index (χ0n) is 13.0. The minimum atomic E-state index is 0.206. The van der Waals surface area contributed by atoms with Crippen molar-refractivity contribution in [3.05, 3.63) is 0 Å². The monoisotopic (exact) mass is 268 g/mol. The SMILES string of the molecule is CCC1CCCC(NC(=O)C[C@@H](CN)CC(C)C)C1. The maximum Gasteiger partial charge on any atom is 0.220 e. The Hall–Kier alpha value is -0.570. The molecule has 1 aliphatic rings. The lowest BCUT2D eigenvalue weighted by Crippen LogP contribution is -2.39. The Balaban J connectivity index is 2.33. The van der Waals surface area contributed by atoms with Gasteiger partial charge in [-0.15, -0.1) is 0 Å². The van der Waals surface area contributed by atoms with E-state index in [4.69, 9.17) is 5.73 Å². The summed E-state index contributed by atoms with van der Waals surface area (Å²) in [6.07, 6.45) is 7.80. The molecule has 3 nitrogen and oxygen atoms in total. The van der Waals surface area contributed by atoms with Gasteiger partial charge < -0.3 is 11.1 Å². The molecule has 0 saturated heterocycles. The fraction of sp³-hybridized carbons (Fsp3) is 0.938. The first-order valence-corrected chi connectivity index (χ1v) is 8.04. The molecule has 0 radical (unpaired) electrons. The summed E-state index contributed by atoms with van der Waals surface area (Å²) in [5.74, 6) is 1.96. The van der Waals surface area contributed by atoms with Crippen LogP contribution in [0.2, 0.25) is 0 Å². The third kappa shape index (κ3) is 6.42. The van der Waals surface area contributed by atoms with Gasteiger partial charge in [0.1, 0.15) is 0 Å². The van der Waals surface area contributed by atoms with Crippen LogP contribution in [0.4, 0.5) is 0 Å². The molecule has 3 atom stereocenters. The molecule has 1 fully saturated rings. The summed E-state index contributed by atoms with van der Waals surface area (Å²) in [4.78, 5) is 12.1. The molecular weight excluding hydrogens is 236 g/mol. The average molecular weight is 268 g/mol. The minimum Gasteiger partial charge on any atom is -0.353 e. The van der Waals surface area contributed by atoms with Crippen LogP contribution in [-0.4, -0.2) is 18.5 Å². The van der Waals surface area contributed by atoms with Crippen LogP contribution in [-0.2, 0) is 4.79 Å². The Kier molecular flexibility index (Phi) is 7.44. The van der Waals surface area contributed by atoms with Crippen molar-refractivity contribution < 1.29 is 4.79 Å². The first-order valence-electron chi connectivity index (χ1n) is 8.04. The first kappa shape index (κ1) is 16.5. The Morgan fingerprint density at radius 2 is 2.11 bits per heavy atom. The molecule has 3 N–H and O–H groups in total. The van der Waals surface area contributed by atoms with Gasteiger partial charge >= 0.3 is 0 Å². The molecule has 0 heterocycles. The van der Waals surface area contributed by atoms with Crippen LogP contribution in [0, 0.1) is 17.8 Å². The fourth-order valence-electron chi connectivity index (χ4n) is 3.27.